The van der Waals surface area contributed by atoms with Gasteiger partial charge in [0, 0.05) is 18.8 Å². The number of hydrogen-bond donors (Lipinski definition) is 1. The van der Waals surface area contributed by atoms with Gasteiger partial charge in [0.2, 0.25) is 0 Å². The van der Waals surface area contributed by atoms with Crippen LogP contribution in [-0.4, -0.2) is 37.1 Å². The number of thioether (sulfide) groups is 1. The zero-order chi connectivity index (χ0) is 24.8. The molecule has 3 heterocycles. The van der Waals surface area contributed by atoms with Crippen LogP contribution in [0.3, 0.4) is 0 Å². The first-order chi connectivity index (χ1) is 17.0. The lowest BCUT2D eigenvalue weighted by atomic mass is 9.95. The number of nitrogens with zero attached hydrogens (tertiary/aromatic N) is 3. The highest BCUT2D eigenvalue weighted by atomic mass is 32.2. The molecule has 6 nitrogen and oxygen atoms in total. The molecule has 2 aromatic rings. The number of aromatic nitrogens is 2. The summed E-state index contributed by atoms with van der Waals surface area (Å²) in [7, 11) is 0. The third-order valence-electron chi connectivity index (χ3n) is 6.84. The molecule has 2 aliphatic rings. The lowest BCUT2D eigenvalue weighted by Crippen LogP contribution is -2.29. The van der Waals surface area contributed by atoms with Gasteiger partial charge >= 0.3 is 0 Å². The van der Waals surface area contributed by atoms with E-state index >= 15 is 0 Å². The monoisotopic (exact) mass is 512 g/mol. The molecule has 1 saturated heterocycles. The average Bonchev–Trinajstić information content (AvgIpc) is 3.12. The second-order valence-corrected chi connectivity index (χ2v) is 11.4. The van der Waals surface area contributed by atoms with Gasteiger partial charge in [0.25, 0.3) is 11.5 Å². The van der Waals surface area contributed by atoms with Crippen molar-refractivity contribution in [3.05, 3.63) is 44.7 Å². The normalized spacial score (nSPS) is 18.2. The van der Waals surface area contributed by atoms with Crippen molar-refractivity contribution in [2.24, 2.45) is 0 Å². The first-order valence-corrected chi connectivity index (χ1v) is 14.3. The maximum absolute atomic E-state index is 13.6. The van der Waals surface area contributed by atoms with Crippen molar-refractivity contribution >= 4 is 51.7 Å². The first kappa shape index (κ1) is 25.9. The number of amides is 1. The van der Waals surface area contributed by atoms with Gasteiger partial charge in [0.15, 0.2) is 0 Å². The summed E-state index contributed by atoms with van der Waals surface area (Å²) >= 11 is 6.82. The van der Waals surface area contributed by atoms with Crippen LogP contribution in [-0.2, 0) is 4.79 Å². The summed E-state index contributed by atoms with van der Waals surface area (Å²) in [5, 5.41) is 3.53. The Bertz CT molecular complexity index is 1170. The third kappa shape index (κ3) is 6.33. The maximum atomic E-state index is 13.6. The van der Waals surface area contributed by atoms with E-state index in [-0.39, 0.29) is 17.5 Å². The number of unbranched alkanes of at least 4 members (excludes halogenated alkanes) is 5. The van der Waals surface area contributed by atoms with Gasteiger partial charge in [-0.3, -0.25) is 18.9 Å². The molecule has 4 rings (SSSR count). The SMILES string of the molecule is CCCCCCCCN1C(=O)C(=Cc2c(NC3CCCCC3)nc3ccc(C)cn3c2=O)SC1=S. The van der Waals surface area contributed by atoms with Gasteiger partial charge in [-0.05, 0) is 43.9 Å². The highest BCUT2D eigenvalue weighted by Crippen LogP contribution is 2.33. The average molecular weight is 513 g/mol. The van der Waals surface area contributed by atoms with Crippen molar-refractivity contribution in [1.29, 1.82) is 0 Å². The first-order valence-electron chi connectivity index (χ1n) is 13.0. The molecule has 35 heavy (non-hydrogen) atoms. The number of rotatable bonds is 10. The molecule has 2 fully saturated rings. The molecule has 0 atom stereocenters. The summed E-state index contributed by atoms with van der Waals surface area (Å²) in [5.74, 6) is 0.456. The van der Waals surface area contributed by atoms with E-state index in [0.717, 1.165) is 31.2 Å². The van der Waals surface area contributed by atoms with Crippen molar-refractivity contribution in [1.82, 2.24) is 14.3 Å². The van der Waals surface area contributed by atoms with Crippen LogP contribution in [0.2, 0.25) is 0 Å². The Balaban J connectivity index is 1.60. The number of nitrogens with one attached hydrogen (secondary N) is 1. The number of carbonyl (C=O) groups excluding carboxylic acids is 1. The summed E-state index contributed by atoms with van der Waals surface area (Å²) in [6, 6.07) is 4.11. The topological polar surface area (TPSA) is 66.7 Å². The van der Waals surface area contributed by atoms with Crippen LogP contribution in [0, 0.1) is 6.92 Å². The quantitative estimate of drug-likeness (QED) is 0.229. The summed E-state index contributed by atoms with van der Waals surface area (Å²) < 4.78 is 2.14. The van der Waals surface area contributed by atoms with Crippen molar-refractivity contribution < 1.29 is 4.79 Å². The molecule has 0 bridgehead atoms. The Morgan fingerprint density at radius 1 is 1.11 bits per heavy atom. The molecule has 188 valence electrons. The molecule has 1 amide bonds. The van der Waals surface area contributed by atoms with Crippen molar-refractivity contribution in [3.8, 4) is 0 Å². The van der Waals surface area contributed by atoms with Gasteiger partial charge in [0.05, 0.1) is 10.5 Å². The van der Waals surface area contributed by atoms with Gasteiger partial charge in [-0.15, -0.1) is 0 Å². The standard InChI is InChI=1S/C27H36N4O2S2/c1-3-4-5-6-7-11-16-30-26(33)22(35-27(30)34)17-21-24(28-20-12-9-8-10-13-20)29-23-15-14-19(2)18-31(23)25(21)32/h14-15,17-18,20,28H,3-13,16H2,1-2H3. The molecule has 0 radical (unpaired) electrons. The molecule has 1 saturated carbocycles. The molecule has 2 aromatic heterocycles. The van der Waals surface area contributed by atoms with Crippen molar-refractivity contribution in [3.63, 3.8) is 0 Å². The number of fused-ring (bicyclic) bond motifs is 1. The van der Waals surface area contributed by atoms with Gasteiger partial charge in [-0.1, -0.05) is 88.3 Å². The second-order valence-electron chi connectivity index (χ2n) is 9.69. The van der Waals surface area contributed by atoms with Gasteiger partial charge < -0.3 is 5.32 Å². The number of thiocarbonyl (C=S) groups is 1. The number of hydrogen-bond acceptors (Lipinski definition) is 6. The van der Waals surface area contributed by atoms with E-state index in [1.165, 1.54) is 56.7 Å². The van der Waals surface area contributed by atoms with Crippen LogP contribution in [0.4, 0.5) is 5.82 Å². The lowest BCUT2D eigenvalue weighted by molar-refractivity contribution is -0.122. The summed E-state index contributed by atoms with van der Waals surface area (Å²) in [5.41, 5.74) is 1.84. The van der Waals surface area contributed by atoms with Crippen LogP contribution in [0.5, 0.6) is 0 Å². The van der Waals surface area contributed by atoms with E-state index in [2.05, 4.69) is 12.2 Å². The molecule has 8 heteroatoms. The zero-order valence-corrected chi connectivity index (χ0v) is 22.5. The predicted molar refractivity (Wildman–Crippen MR) is 150 cm³/mol. The fraction of sp³-hybridized carbons (Fsp3) is 0.556. The summed E-state index contributed by atoms with van der Waals surface area (Å²) in [6.45, 7) is 4.79. The minimum Gasteiger partial charge on any atom is -0.367 e. The summed E-state index contributed by atoms with van der Waals surface area (Å²) in [6.07, 6.45) is 16.2. The predicted octanol–water partition coefficient (Wildman–Crippen LogP) is 6.31. The molecular weight excluding hydrogens is 476 g/mol. The van der Waals surface area contributed by atoms with E-state index in [1.54, 1.807) is 21.6 Å². The van der Waals surface area contributed by atoms with Crippen LogP contribution in [0.1, 0.15) is 88.7 Å². The highest BCUT2D eigenvalue weighted by molar-refractivity contribution is 8.26. The van der Waals surface area contributed by atoms with E-state index in [4.69, 9.17) is 17.2 Å². The fourth-order valence-corrected chi connectivity index (χ4v) is 6.10. The zero-order valence-electron chi connectivity index (χ0n) is 20.8. The second kappa shape index (κ2) is 12.2. The Morgan fingerprint density at radius 3 is 2.63 bits per heavy atom. The van der Waals surface area contributed by atoms with Gasteiger partial charge in [-0.25, -0.2) is 4.98 Å². The van der Waals surface area contributed by atoms with Gasteiger partial charge in [-0.2, -0.15) is 0 Å². The number of anilines is 1. The van der Waals surface area contributed by atoms with Crippen LogP contribution < -0.4 is 10.9 Å². The number of aryl methyl sites for hydroxylation is 1. The maximum Gasteiger partial charge on any atom is 0.267 e. The Labute approximate surface area is 217 Å². The molecule has 1 aliphatic carbocycles. The van der Waals surface area contributed by atoms with E-state index in [1.807, 2.05) is 19.1 Å². The largest absolute Gasteiger partial charge is 0.367 e. The molecule has 0 spiro atoms. The Morgan fingerprint density at radius 2 is 1.86 bits per heavy atom. The molecule has 1 N–H and O–H groups in total. The van der Waals surface area contributed by atoms with E-state index < -0.39 is 0 Å². The third-order valence-corrected chi connectivity index (χ3v) is 8.21. The van der Waals surface area contributed by atoms with E-state index in [9.17, 15) is 9.59 Å². The minimum atomic E-state index is -0.168. The van der Waals surface area contributed by atoms with Crippen LogP contribution in [0.15, 0.2) is 28.0 Å². The molecule has 0 unspecified atom stereocenters. The van der Waals surface area contributed by atoms with Gasteiger partial charge in [0.1, 0.15) is 15.8 Å². The van der Waals surface area contributed by atoms with Crippen molar-refractivity contribution in [2.45, 2.75) is 90.5 Å². The smallest absolute Gasteiger partial charge is 0.267 e. The van der Waals surface area contributed by atoms with Crippen LogP contribution >= 0.6 is 24.0 Å². The number of carbonyl (C=O) groups is 1. The minimum absolute atomic E-state index is 0.106. The fourth-order valence-electron chi connectivity index (χ4n) is 4.81. The number of pyridine rings is 1. The Kier molecular flexibility index (Phi) is 9.00. The molecular formula is C27H36N4O2S2. The molecule has 1 aliphatic heterocycles. The van der Waals surface area contributed by atoms with Crippen molar-refractivity contribution in [2.75, 3.05) is 11.9 Å². The highest BCUT2D eigenvalue weighted by Gasteiger charge is 2.32. The van der Waals surface area contributed by atoms with Crippen LogP contribution in [0.25, 0.3) is 11.7 Å². The lowest BCUT2D eigenvalue weighted by Gasteiger charge is -2.24. The Hall–Kier alpha value is -2.19. The summed E-state index contributed by atoms with van der Waals surface area (Å²) in [4.78, 5) is 33.8. The molecule has 0 aromatic carbocycles. The van der Waals surface area contributed by atoms with E-state index in [0.29, 0.717) is 32.8 Å².